The average Bonchev–Trinajstić information content (AvgIpc) is 3.06. The molecule has 0 unspecified atom stereocenters. The molecule has 29 heavy (non-hydrogen) atoms. The highest BCUT2D eigenvalue weighted by molar-refractivity contribution is 6.10. The van der Waals surface area contributed by atoms with Gasteiger partial charge in [0.2, 0.25) is 0 Å². The molecule has 0 aromatic heterocycles. The minimum Gasteiger partial charge on any atom is -0.493 e. The Hall–Kier alpha value is -2.31. The number of hydrogen-bond acceptors (Lipinski definition) is 4. The van der Waals surface area contributed by atoms with Crippen LogP contribution in [0.3, 0.4) is 0 Å². The van der Waals surface area contributed by atoms with Crippen LogP contribution in [0.2, 0.25) is 0 Å². The van der Waals surface area contributed by atoms with Crippen LogP contribution < -0.4 is 14.4 Å². The summed E-state index contributed by atoms with van der Waals surface area (Å²) in [7, 11) is 1.60. The Morgan fingerprint density at radius 1 is 1.07 bits per heavy atom. The lowest BCUT2D eigenvalue weighted by Crippen LogP contribution is -2.33. The van der Waals surface area contributed by atoms with Gasteiger partial charge in [-0.2, -0.15) is 0 Å². The molecular weight excluding hydrogens is 395 g/mol. The standard InChI is InChI=1S/C22H25FN2O3.ClH/c1-27-19-9-8-17(14-20(19)28-13-12-24-10-3-2-4-11-24)25-15-16-6-5-7-18(23)21(16)22(25)26;/h5-9,14H,2-4,10-13,15H2,1H3;1H. The Morgan fingerprint density at radius 2 is 1.86 bits per heavy atom. The van der Waals surface area contributed by atoms with Gasteiger partial charge in [0, 0.05) is 18.3 Å². The fourth-order valence-electron chi connectivity index (χ4n) is 3.94. The summed E-state index contributed by atoms with van der Waals surface area (Å²) in [4.78, 5) is 16.7. The predicted molar refractivity (Wildman–Crippen MR) is 113 cm³/mol. The number of carbonyl (C=O) groups is 1. The predicted octanol–water partition coefficient (Wildman–Crippen LogP) is 4.28. The van der Waals surface area contributed by atoms with Gasteiger partial charge in [-0.1, -0.05) is 18.6 Å². The van der Waals surface area contributed by atoms with Crippen molar-refractivity contribution in [2.45, 2.75) is 25.8 Å². The first-order chi connectivity index (χ1) is 13.7. The Kier molecular flexibility index (Phi) is 6.98. The van der Waals surface area contributed by atoms with Crippen molar-refractivity contribution >= 4 is 24.0 Å². The van der Waals surface area contributed by atoms with Crippen molar-refractivity contribution in [1.82, 2.24) is 4.90 Å². The molecular formula is C22H26ClFN2O3. The van der Waals surface area contributed by atoms with Crippen LogP contribution in [0.15, 0.2) is 36.4 Å². The topological polar surface area (TPSA) is 42.0 Å². The van der Waals surface area contributed by atoms with E-state index in [2.05, 4.69) is 4.90 Å². The van der Waals surface area contributed by atoms with E-state index in [1.807, 2.05) is 0 Å². The summed E-state index contributed by atoms with van der Waals surface area (Å²) < 4.78 is 25.5. The molecule has 0 atom stereocenters. The average molecular weight is 421 g/mol. The molecule has 4 rings (SSSR count). The highest BCUT2D eigenvalue weighted by Crippen LogP contribution is 2.36. The molecule has 1 amide bonds. The van der Waals surface area contributed by atoms with Crippen LogP contribution in [-0.2, 0) is 6.54 Å². The van der Waals surface area contributed by atoms with Crippen molar-refractivity contribution < 1.29 is 18.7 Å². The van der Waals surface area contributed by atoms with E-state index >= 15 is 0 Å². The number of benzene rings is 2. The zero-order valence-electron chi connectivity index (χ0n) is 16.5. The van der Waals surface area contributed by atoms with Crippen LogP contribution in [0.5, 0.6) is 11.5 Å². The summed E-state index contributed by atoms with van der Waals surface area (Å²) in [5, 5.41) is 0. The summed E-state index contributed by atoms with van der Waals surface area (Å²) in [6.07, 6.45) is 3.79. The lowest BCUT2D eigenvalue weighted by Gasteiger charge is -2.26. The Labute approximate surface area is 176 Å². The van der Waals surface area contributed by atoms with E-state index in [1.165, 1.54) is 25.3 Å². The maximum atomic E-state index is 14.1. The molecule has 5 nitrogen and oxygen atoms in total. The van der Waals surface area contributed by atoms with Gasteiger partial charge in [0.05, 0.1) is 19.2 Å². The smallest absolute Gasteiger partial charge is 0.261 e. The Balaban J connectivity index is 0.00000240. The number of likely N-dealkylation sites (tertiary alicyclic amines) is 1. The monoisotopic (exact) mass is 420 g/mol. The normalized spacial score (nSPS) is 16.3. The summed E-state index contributed by atoms with van der Waals surface area (Å²) in [5.74, 6) is 0.424. The quantitative estimate of drug-likeness (QED) is 0.699. The van der Waals surface area contributed by atoms with Gasteiger partial charge in [-0.3, -0.25) is 9.69 Å². The summed E-state index contributed by atoms with van der Waals surface area (Å²) in [6.45, 7) is 4.01. The van der Waals surface area contributed by atoms with Crippen molar-refractivity contribution in [3.8, 4) is 11.5 Å². The maximum absolute atomic E-state index is 14.1. The van der Waals surface area contributed by atoms with Crippen molar-refractivity contribution in [1.29, 1.82) is 0 Å². The van der Waals surface area contributed by atoms with Crippen molar-refractivity contribution in [2.24, 2.45) is 0 Å². The second kappa shape index (κ2) is 9.46. The lowest BCUT2D eigenvalue weighted by atomic mass is 10.1. The Bertz CT molecular complexity index is 871. The first kappa shape index (κ1) is 21.4. The SMILES string of the molecule is COc1ccc(N2Cc3cccc(F)c3C2=O)cc1OCCN1CCCCC1.Cl. The van der Waals surface area contributed by atoms with E-state index in [0.29, 0.717) is 35.9 Å². The third kappa shape index (κ3) is 4.49. The molecule has 7 heteroatoms. The number of methoxy groups -OCH3 is 1. The van der Waals surface area contributed by atoms with Crippen LogP contribution in [0, 0.1) is 5.82 Å². The summed E-state index contributed by atoms with van der Waals surface area (Å²) in [5.41, 5.74) is 1.54. The number of fused-ring (bicyclic) bond motifs is 1. The molecule has 0 saturated carbocycles. The maximum Gasteiger partial charge on any atom is 0.261 e. The van der Waals surface area contributed by atoms with Crippen LogP contribution in [0.25, 0.3) is 0 Å². The van der Waals surface area contributed by atoms with E-state index in [1.54, 1.807) is 42.3 Å². The second-order valence-corrected chi connectivity index (χ2v) is 7.25. The number of halogens is 2. The van der Waals surface area contributed by atoms with Gasteiger partial charge in [-0.25, -0.2) is 4.39 Å². The van der Waals surface area contributed by atoms with Crippen molar-refractivity contribution in [2.75, 3.05) is 38.3 Å². The van der Waals surface area contributed by atoms with Crippen LogP contribution in [0.1, 0.15) is 35.2 Å². The fourth-order valence-corrected chi connectivity index (χ4v) is 3.94. The van der Waals surface area contributed by atoms with E-state index in [-0.39, 0.29) is 23.9 Å². The van der Waals surface area contributed by atoms with Gasteiger partial charge in [0.15, 0.2) is 11.5 Å². The molecule has 2 aromatic rings. The summed E-state index contributed by atoms with van der Waals surface area (Å²) >= 11 is 0. The third-order valence-corrected chi connectivity index (χ3v) is 5.46. The second-order valence-electron chi connectivity index (χ2n) is 7.25. The molecule has 2 aromatic carbocycles. The minimum atomic E-state index is -0.475. The minimum absolute atomic E-state index is 0. The van der Waals surface area contributed by atoms with Crippen LogP contribution in [-0.4, -0.2) is 44.2 Å². The first-order valence-electron chi connectivity index (χ1n) is 9.80. The molecule has 0 spiro atoms. The zero-order chi connectivity index (χ0) is 19.5. The fraction of sp³-hybridized carbons (Fsp3) is 0.409. The van der Waals surface area contributed by atoms with Crippen molar-refractivity contribution in [3.63, 3.8) is 0 Å². The largest absolute Gasteiger partial charge is 0.493 e. The van der Waals surface area contributed by atoms with Gasteiger partial charge in [-0.05, 0) is 49.7 Å². The summed E-state index contributed by atoms with van der Waals surface area (Å²) in [6, 6.07) is 10.1. The number of amides is 1. The van der Waals surface area contributed by atoms with Gasteiger partial charge in [-0.15, -0.1) is 12.4 Å². The van der Waals surface area contributed by atoms with Crippen LogP contribution >= 0.6 is 12.4 Å². The van der Waals surface area contributed by atoms with Gasteiger partial charge in [0.25, 0.3) is 5.91 Å². The Morgan fingerprint density at radius 3 is 2.59 bits per heavy atom. The van der Waals surface area contributed by atoms with E-state index in [4.69, 9.17) is 9.47 Å². The molecule has 2 heterocycles. The molecule has 1 saturated heterocycles. The van der Waals surface area contributed by atoms with E-state index < -0.39 is 5.82 Å². The molecule has 0 N–H and O–H groups in total. The molecule has 2 aliphatic rings. The number of piperidine rings is 1. The number of hydrogen-bond donors (Lipinski definition) is 0. The van der Waals surface area contributed by atoms with Crippen LogP contribution in [0.4, 0.5) is 10.1 Å². The molecule has 0 bridgehead atoms. The van der Waals surface area contributed by atoms with Gasteiger partial charge < -0.3 is 14.4 Å². The van der Waals surface area contributed by atoms with Crippen molar-refractivity contribution in [3.05, 3.63) is 53.3 Å². The number of anilines is 1. The number of carbonyl (C=O) groups excluding carboxylic acids is 1. The third-order valence-electron chi connectivity index (χ3n) is 5.46. The highest BCUT2D eigenvalue weighted by Gasteiger charge is 2.31. The molecule has 156 valence electrons. The number of rotatable bonds is 6. The first-order valence-corrected chi connectivity index (χ1v) is 9.80. The highest BCUT2D eigenvalue weighted by atomic mass is 35.5. The molecule has 0 aliphatic carbocycles. The lowest BCUT2D eigenvalue weighted by molar-refractivity contribution is 0.0993. The van der Waals surface area contributed by atoms with E-state index in [9.17, 15) is 9.18 Å². The molecule has 0 radical (unpaired) electrons. The molecule has 1 fully saturated rings. The molecule has 2 aliphatic heterocycles. The van der Waals surface area contributed by atoms with Gasteiger partial charge in [0.1, 0.15) is 12.4 Å². The number of nitrogens with zero attached hydrogens (tertiary/aromatic N) is 2. The zero-order valence-corrected chi connectivity index (χ0v) is 17.3. The van der Waals surface area contributed by atoms with Gasteiger partial charge >= 0.3 is 0 Å². The number of ether oxygens (including phenoxy) is 2. The van der Waals surface area contributed by atoms with E-state index in [0.717, 1.165) is 19.6 Å².